The first kappa shape index (κ1) is 17.2. The van der Waals surface area contributed by atoms with E-state index in [0.717, 1.165) is 0 Å². The van der Waals surface area contributed by atoms with E-state index in [1.54, 1.807) is 30.3 Å². The van der Waals surface area contributed by atoms with Crippen LogP contribution in [0, 0.1) is 5.82 Å². The van der Waals surface area contributed by atoms with Crippen molar-refractivity contribution < 1.29 is 13.9 Å². The molecule has 1 amide bonds. The fourth-order valence-corrected chi connectivity index (χ4v) is 3.24. The van der Waals surface area contributed by atoms with Gasteiger partial charge in [-0.05, 0) is 24.3 Å². The molecule has 6 nitrogen and oxygen atoms in total. The number of anilines is 2. The van der Waals surface area contributed by atoms with Crippen LogP contribution in [0.4, 0.5) is 15.8 Å². The van der Waals surface area contributed by atoms with Crippen LogP contribution in [0.3, 0.4) is 0 Å². The zero-order valence-electron chi connectivity index (χ0n) is 14.5. The van der Waals surface area contributed by atoms with Gasteiger partial charge in [0.1, 0.15) is 5.82 Å². The van der Waals surface area contributed by atoms with Gasteiger partial charge in [-0.1, -0.05) is 18.2 Å². The number of para-hydroxylation sites is 1. The molecule has 0 radical (unpaired) electrons. The molecule has 1 saturated heterocycles. The fraction of sp³-hybridized carbons (Fsp3) is 0.200. The Hall–Kier alpha value is -3.19. The Morgan fingerprint density at radius 3 is 2.70 bits per heavy atom. The number of ether oxygens (including phenoxy) is 1. The van der Waals surface area contributed by atoms with Crippen LogP contribution in [-0.2, 0) is 4.74 Å². The number of benzene rings is 2. The Kier molecular flexibility index (Phi) is 4.60. The van der Waals surface area contributed by atoms with E-state index in [9.17, 15) is 14.0 Å². The molecule has 0 saturated carbocycles. The van der Waals surface area contributed by atoms with Crippen LogP contribution >= 0.6 is 0 Å². The molecule has 3 aromatic rings. The average molecular weight is 367 g/mol. The molecule has 2 aromatic carbocycles. The molecular formula is C20H18FN3O3. The number of nitrogens with one attached hydrogen (secondary N) is 2. The maximum atomic E-state index is 14.1. The zero-order valence-corrected chi connectivity index (χ0v) is 14.5. The third-order valence-corrected chi connectivity index (χ3v) is 4.51. The molecule has 138 valence electrons. The van der Waals surface area contributed by atoms with Gasteiger partial charge < -0.3 is 19.9 Å². The number of pyridine rings is 1. The summed E-state index contributed by atoms with van der Waals surface area (Å²) in [6.07, 6.45) is 0. The Morgan fingerprint density at radius 2 is 1.89 bits per heavy atom. The standard InChI is InChI=1S/C20H18FN3O3/c21-13-9-14(11-15(10-13)24-5-7-27-8-6-24)22-20(26)17-12-19(25)23-18-4-2-1-3-16(17)18/h1-4,9-12H,5-8H2,(H,22,26)(H,23,25). The summed E-state index contributed by atoms with van der Waals surface area (Å²) >= 11 is 0. The number of carbonyl (C=O) groups excluding carboxylic acids is 1. The van der Waals surface area contributed by atoms with E-state index >= 15 is 0 Å². The lowest BCUT2D eigenvalue weighted by atomic mass is 10.1. The number of morpholine rings is 1. The highest BCUT2D eigenvalue weighted by molar-refractivity contribution is 6.12. The van der Waals surface area contributed by atoms with Crippen LogP contribution in [0.2, 0.25) is 0 Å². The van der Waals surface area contributed by atoms with Crippen molar-refractivity contribution >= 4 is 28.2 Å². The number of aromatic nitrogens is 1. The third-order valence-electron chi connectivity index (χ3n) is 4.51. The third kappa shape index (κ3) is 3.68. The number of aromatic amines is 1. The number of H-pyrrole nitrogens is 1. The molecule has 0 unspecified atom stereocenters. The molecule has 0 bridgehead atoms. The summed E-state index contributed by atoms with van der Waals surface area (Å²) in [5, 5.41) is 3.33. The summed E-state index contributed by atoms with van der Waals surface area (Å²) in [6.45, 7) is 2.49. The van der Waals surface area contributed by atoms with Crippen molar-refractivity contribution in [2.75, 3.05) is 36.5 Å². The van der Waals surface area contributed by atoms with Gasteiger partial charge in [-0.15, -0.1) is 0 Å². The lowest BCUT2D eigenvalue weighted by molar-refractivity contribution is 0.102. The average Bonchev–Trinajstić information content (AvgIpc) is 2.67. The molecule has 2 N–H and O–H groups in total. The van der Waals surface area contributed by atoms with Crippen molar-refractivity contribution in [3.8, 4) is 0 Å². The van der Waals surface area contributed by atoms with Gasteiger partial charge in [0.15, 0.2) is 0 Å². The van der Waals surface area contributed by atoms with E-state index in [1.807, 2.05) is 4.90 Å². The molecule has 4 rings (SSSR count). The highest BCUT2D eigenvalue weighted by Crippen LogP contribution is 2.24. The van der Waals surface area contributed by atoms with Crippen molar-refractivity contribution in [1.82, 2.24) is 4.98 Å². The lowest BCUT2D eigenvalue weighted by Gasteiger charge is -2.29. The quantitative estimate of drug-likeness (QED) is 0.747. The first-order valence-electron chi connectivity index (χ1n) is 8.67. The highest BCUT2D eigenvalue weighted by Gasteiger charge is 2.16. The molecule has 0 aliphatic carbocycles. The summed E-state index contributed by atoms with van der Waals surface area (Å²) in [6, 6.07) is 12.7. The maximum absolute atomic E-state index is 14.1. The van der Waals surface area contributed by atoms with Crippen molar-refractivity contribution in [3.05, 3.63) is 70.3 Å². The number of fused-ring (bicyclic) bond motifs is 1. The monoisotopic (exact) mass is 367 g/mol. The Balaban J connectivity index is 1.65. The number of halogens is 1. The van der Waals surface area contributed by atoms with Crippen LogP contribution < -0.4 is 15.8 Å². The topological polar surface area (TPSA) is 74.4 Å². The molecule has 1 aliphatic heterocycles. The molecule has 2 heterocycles. The Bertz CT molecular complexity index is 1060. The predicted molar refractivity (Wildman–Crippen MR) is 102 cm³/mol. The van der Waals surface area contributed by atoms with Crippen molar-refractivity contribution in [1.29, 1.82) is 0 Å². The van der Waals surface area contributed by atoms with Crippen LogP contribution in [0.5, 0.6) is 0 Å². The molecule has 1 aliphatic rings. The zero-order chi connectivity index (χ0) is 18.8. The Morgan fingerprint density at radius 1 is 1.11 bits per heavy atom. The summed E-state index contributed by atoms with van der Waals surface area (Å²) < 4.78 is 19.4. The van der Waals surface area contributed by atoms with Gasteiger partial charge in [0.2, 0.25) is 5.56 Å². The minimum absolute atomic E-state index is 0.242. The maximum Gasteiger partial charge on any atom is 0.256 e. The normalized spacial score (nSPS) is 14.3. The molecule has 7 heteroatoms. The van der Waals surface area contributed by atoms with E-state index in [4.69, 9.17) is 4.74 Å². The van der Waals surface area contributed by atoms with Crippen LogP contribution in [0.25, 0.3) is 10.9 Å². The number of hydrogen-bond donors (Lipinski definition) is 2. The van der Waals surface area contributed by atoms with Crippen LogP contribution in [0.15, 0.2) is 53.3 Å². The minimum Gasteiger partial charge on any atom is -0.378 e. The first-order chi connectivity index (χ1) is 13.1. The molecule has 0 spiro atoms. The van der Waals surface area contributed by atoms with Crippen LogP contribution in [0.1, 0.15) is 10.4 Å². The van der Waals surface area contributed by atoms with Crippen molar-refractivity contribution in [3.63, 3.8) is 0 Å². The summed E-state index contributed by atoms with van der Waals surface area (Å²) in [5.74, 6) is -0.902. The molecular weight excluding hydrogens is 349 g/mol. The van der Waals surface area contributed by atoms with E-state index in [-0.39, 0.29) is 11.1 Å². The smallest absolute Gasteiger partial charge is 0.256 e. The molecule has 0 atom stereocenters. The van der Waals surface area contributed by atoms with Gasteiger partial charge in [0.25, 0.3) is 5.91 Å². The van der Waals surface area contributed by atoms with Gasteiger partial charge >= 0.3 is 0 Å². The second-order valence-corrected chi connectivity index (χ2v) is 6.34. The molecule has 1 fully saturated rings. The Labute approximate surface area is 154 Å². The lowest BCUT2D eigenvalue weighted by Crippen LogP contribution is -2.36. The number of carbonyl (C=O) groups is 1. The van der Waals surface area contributed by atoms with E-state index < -0.39 is 11.7 Å². The van der Waals surface area contributed by atoms with Gasteiger partial charge in [-0.25, -0.2) is 4.39 Å². The second-order valence-electron chi connectivity index (χ2n) is 6.34. The number of nitrogens with zero attached hydrogens (tertiary/aromatic N) is 1. The summed E-state index contributed by atoms with van der Waals surface area (Å²) in [5.41, 5.74) is 1.47. The van der Waals surface area contributed by atoms with Gasteiger partial charge in [-0.2, -0.15) is 0 Å². The summed E-state index contributed by atoms with van der Waals surface area (Å²) in [4.78, 5) is 29.3. The number of rotatable bonds is 3. The van der Waals surface area contributed by atoms with Crippen molar-refractivity contribution in [2.45, 2.75) is 0 Å². The van der Waals surface area contributed by atoms with Gasteiger partial charge in [0, 0.05) is 41.4 Å². The van der Waals surface area contributed by atoms with Gasteiger partial charge in [0.05, 0.1) is 18.8 Å². The highest BCUT2D eigenvalue weighted by atomic mass is 19.1. The van der Waals surface area contributed by atoms with Crippen molar-refractivity contribution in [2.24, 2.45) is 0 Å². The minimum atomic E-state index is -0.462. The second kappa shape index (κ2) is 7.20. The van der Waals surface area contributed by atoms with E-state index in [2.05, 4.69) is 10.3 Å². The molecule has 1 aromatic heterocycles. The molecule has 27 heavy (non-hydrogen) atoms. The van der Waals surface area contributed by atoms with Crippen LogP contribution in [-0.4, -0.2) is 37.2 Å². The number of hydrogen-bond acceptors (Lipinski definition) is 4. The predicted octanol–water partition coefficient (Wildman–Crippen LogP) is 2.76. The fourth-order valence-electron chi connectivity index (χ4n) is 3.24. The van der Waals surface area contributed by atoms with Gasteiger partial charge in [-0.3, -0.25) is 9.59 Å². The first-order valence-corrected chi connectivity index (χ1v) is 8.67. The summed E-state index contributed by atoms with van der Waals surface area (Å²) in [7, 11) is 0. The van der Waals surface area contributed by atoms with E-state index in [0.29, 0.717) is 48.6 Å². The SMILES string of the molecule is O=C(Nc1cc(F)cc(N2CCOCC2)c1)c1cc(=O)[nH]c2ccccc12. The largest absolute Gasteiger partial charge is 0.378 e. The number of amides is 1. The van der Waals surface area contributed by atoms with E-state index in [1.165, 1.54) is 18.2 Å².